The number of carbonyl (C=O) groups is 1. The molecule has 0 spiro atoms. The Kier molecular flexibility index (Phi) is 6.55. The Hall–Kier alpha value is -4.35. The molecular weight excluding hydrogens is 500 g/mol. The van der Waals surface area contributed by atoms with E-state index in [0.717, 1.165) is 6.07 Å². The molecule has 0 bridgehead atoms. The van der Waals surface area contributed by atoms with Gasteiger partial charge < -0.3 is 49.2 Å². The predicted octanol–water partition coefficient (Wildman–Crippen LogP) is 2.50. The summed E-state index contributed by atoms with van der Waals surface area (Å²) in [5, 5.41) is 52.5. The summed E-state index contributed by atoms with van der Waals surface area (Å²) in [6.07, 6.45) is -3.46. The standard InChI is InChI=1S/C27H26O11/c1-34-15-9-17(32)23(20(10-15)35-2)25-24-16(31)6-13(29)7-21(24)38-27(26(25)33)12-3-4-18-19(5-12)37-22(36-18)8-14(30)11-28/h3-7,9-10,22,25-29,31-33H,8,11H2,1-2H3/t22?,25-,26+,27+/m0/s1. The normalized spacial score (nSPS) is 21.4. The van der Waals surface area contributed by atoms with Gasteiger partial charge in [-0.25, -0.2) is 0 Å². The number of phenolic OH excluding ortho intramolecular Hbond substituents is 3. The van der Waals surface area contributed by atoms with Crippen LogP contribution >= 0.6 is 0 Å². The van der Waals surface area contributed by atoms with Gasteiger partial charge in [0, 0.05) is 35.4 Å². The highest BCUT2D eigenvalue weighted by molar-refractivity contribution is 5.79. The molecule has 4 atom stereocenters. The summed E-state index contributed by atoms with van der Waals surface area (Å²) in [5.74, 6) is -1.06. The summed E-state index contributed by atoms with van der Waals surface area (Å²) in [6.45, 7) is -0.630. The van der Waals surface area contributed by atoms with Crippen molar-refractivity contribution in [2.75, 3.05) is 20.8 Å². The molecule has 200 valence electrons. The Labute approximate surface area is 217 Å². The molecule has 38 heavy (non-hydrogen) atoms. The van der Waals surface area contributed by atoms with Crippen LogP contribution < -0.4 is 23.7 Å². The van der Waals surface area contributed by atoms with Gasteiger partial charge in [-0.3, -0.25) is 4.79 Å². The molecule has 3 aromatic carbocycles. The van der Waals surface area contributed by atoms with E-state index in [1.165, 1.54) is 32.4 Å². The number of ether oxygens (including phenoxy) is 5. The van der Waals surface area contributed by atoms with Crippen molar-refractivity contribution in [3.8, 4) is 46.0 Å². The average molecular weight is 526 g/mol. The van der Waals surface area contributed by atoms with E-state index in [0.29, 0.717) is 22.8 Å². The van der Waals surface area contributed by atoms with Crippen LogP contribution in [0.15, 0.2) is 42.5 Å². The first-order valence-corrected chi connectivity index (χ1v) is 11.7. The third kappa shape index (κ3) is 4.35. The maximum atomic E-state index is 11.7. The van der Waals surface area contributed by atoms with Gasteiger partial charge in [0.05, 0.1) is 26.6 Å². The largest absolute Gasteiger partial charge is 0.508 e. The van der Waals surface area contributed by atoms with Gasteiger partial charge in [0.15, 0.2) is 23.4 Å². The topological polar surface area (TPSA) is 164 Å². The Morgan fingerprint density at radius 3 is 2.32 bits per heavy atom. The van der Waals surface area contributed by atoms with Crippen molar-refractivity contribution in [2.24, 2.45) is 0 Å². The van der Waals surface area contributed by atoms with Crippen molar-refractivity contribution >= 4 is 5.78 Å². The van der Waals surface area contributed by atoms with E-state index in [9.17, 15) is 25.2 Å². The number of rotatable bonds is 7. The molecule has 0 amide bonds. The van der Waals surface area contributed by atoms with E-state index in [2.05, 4.69) is 0 Å². The second-order valence-electron chi connectivity index (χ2n) is 8.92. The van der Waals surface area contributed by atoms with E-state index in [1.54, 1.807) is 18.2 Å². The lowest BCUT2D eigenvalue weighted by molar-refractivity contribution is -0.125. The van der Waals surface area contributed by atoms with Crippen LogP contribution in [0.3, 0.4) is 0 Å². The maximum Gasteiger partial charge on any atom is 0.248 e. The van der Waals surface area contributed by atoms with Gasteiger partial charge in [0.2, 0.25) is 6.29 Å². The Bertz CT molecular complexity index is 1390. The molecule has 5 N–H and O–H groups in total. The van der Waals surface area contributed by atoms with Crippen molar-refractivity contribution < 1.29 is 54.0 Å². The smallest absolute Gasteiger partial charge is 0.248 e. The number of methoxy groups -OCH3 is 2. The first kappa shape index (κ1) is 25.3. The third-order valence-electron chi connectivity index (χ3n) is 6.57. The van der Waals surface area contributed by atoms with Crippen LogP contribution in [0.2, 0.25) is 0 Å². The molecule has 0 aromatic heterocycles. The quantitative estimate of drug-likeness (QED) is 0.307. The number of aromatic hydroxyl groups is 3. The molecule has 2 heterocycles. The van der Waals surface area contributed by atoms with Crippen molar-refractivity contribution in [3.05, 3.63) is 59.2 Å². The lowest BCUT2D eigenvalue weighted by Crippen LogP contribution is -2.35. The molecular formula is C27H26O11. The van der Waals surface area contributed by atoms with E-state index in [4.69, 9.17) is 28.8 Å². The fourth-order valence-corrected chi connectivity index (χ4v) is 4.86. The summed E-state index contributed by atoms with van der Waals surface area (Å²) in [6, 6.07) is 10.1. The number of hydrogen-bond donors (Lipinski definition) is 5. The number of aliphatic hydroxyl groups excluding tert-OH is 2. The third-order valence-corrected chi connectivity index (χ3v) is 6.57. The first-order valence-electron chi connectivity index (χ1n) is 11.7. The van der Waals surface area contributed by atoms with Gasteiger partial charge in [-0.1, -0.05) is 6.07 Å². The zero-order valence-corrected chi connectivity index (χ0v) is 20.5. The number of fused-ring (bicyclic) bond motifs is 2. The lowest BCUT2D eigenvalue weighted by atomic mass is 9.79. The minimum atomic E-state index is -1.36. The van der Waals surface area contributed by atoms with Crippen LogP contribution in [0.1, 0.15) is 35.1 Å². The molecule has 1 unspecified atom stereocenters. The summed E-state index contributed by atoms with van der Waals surface area (Å²) < 4.78 is 28.1. The summed E-state index contributed by atoms with van der Waals surface area (Å²) >= 11 is 0. The Balaban J connectivity index is 1.59. The van der Waals surface area contributed by atoms with Gasteiger partial charge in [0.1, 0.15) is 47.2 Å². The molecule has 0 saturated carbocycles. The molecule has 0 radical (unpaired) electrons. The number of Topliss-reactive ketones (excluding diaryl/α,β-unsaturated/α-hetero) is 1. The second kappa shape index (κ2) is 9.84. The van der Waals surface area contributed by atoms with Crippen LogP contribution in [0.25, 0.3) is 0 Å². The van der Waals surface area contributed by atoms with E-state index in [-0.39, 0.29) is 46.3 Å². The molecule has 0 fully saturated rings. The number of hydrogen-bond acceptors (Lipinski definition) is 11. The van der Waals surface area contributed by atoms with Crippen molar-refractivity contribution in [1.82, 2.24) is 0 Å². The maximum absolute atomic E-state index is 11.7. The Morgan fingerprint density at radius 1 is 0.868 bits per heavy atom. The van der Waals surface area contributed by atoms with Crippen molar-refractivity contribution in [3.63, 3.8) is 0 Å². The van der Waals surface area contributed by atoms with Crippen LogP contribution in [0.4, 0.5) is 0 Å². The zero-order valence-electron chi connectivity index (χ0n) is 20.5. The van der Waals surface area contributed by atoms with Gasteiger partial charge in [0.25, 0.3) is 0 Å². The summed E-state index contributed by atoms with van der Waals surface area (Å²) in [4.78, 5) is 11.6. The minimum absolute atomic E-state index is 0.0872. The van der Waals surface area contributed by atoms with Crippen molar-refractivity contribution in [2.45, 2.75) is 30.8 Å². The molecule has 0 saturated heterocycles. The van der Waals surface area contributed by atoms with Crippen LogP contribution in [0, 0.1) is 0 Å². The summed E-state index contributed by atoms with van der Waals surface area (Å²) in [7, 11) is 2.83. The highest BCUT2D eigenvalue weighted by Gasteiger charge is 2.44. The fourth-order valence-electron chi connectivity index (χ4n) is 4.86. The highest BCUT2D eigenvalue weighted by atomic mass is 16.7. The average Bonchev–Trinajstić information content (AvgIpc) is 3.29. The lowest BCUT2D eigenvalue weighted by Gasteiger charge is -2.38. The number of benzene rings is 3. The van der Waals surface area contributed by atoms with Crippen LogP contribution in [-0.4, -0.2) is 64.5 Å². The molecule has 3 aromatic rings. The Morgan fingerprint density at radius 2 is 1.61 bits per heavy atom. The SMILES string of the molecule is COc1cc(O)c([C@H]2c3c(O)cc(O)cc3O[C@H](c3ccc4c(c3)OC(CC(=O)CO)O4)[C@@H]2O)c(OC)c1. The predicted molar refractivity (Wildman–Crippen MR) is 130 cm³/mol. The number of aliphatic hydroxyl groups is 2. The van der Waals surface area contributed by atoms with Gasteiger partial charge >= 0.3 is 0 Å². The number of phenols is 3. The van der Waals surface area contributed by atoms with E-state index < -0.39 is 36.8 Å². The molecule has 2 aliphatic rings. The molecule has 11 nitrogen and oxygen atoms in total. The van der Waals surface area contributed by atoms with Gasteiger partial charge in [-0.2, -0.15) is 0 Å². The zero-order chi connectivity index (χ0) is 27.1. The number of carbonyl (C=O) groups excluding carboxylic acids is 1. The minimum Gasteiger partial charge on any atom is -0.508 e. The monoisotopic (exact) mass is 526 g/mol. The van der Waals surface area contributed by atoms with Gasteiger partial charge in [-0.15, -0.1) is 0 Å². The van der Waals surface area contributed by atoms with Gasteiger partial charge in [-0.05, 0) is 17.7 Å². The van der Waals surface area contributed by atoms with E-state index in [1.807, 2.05) is 0 Å². The molecule has 0 aliphatic carbocycles. The second-order valence-corrected chi connectivity index (χ2v) is 8.92. The number of ketones is 1. The molecule has 11 heteroatoms. The van der Waals surface area contributed by atoms with Crippen LogP contribution in [0.5, 0.6) is 46.0 Å². The molecule has 2 aliphatic heterocycles. The van der Waals surface area contributed by atoms with Crippen molar-refractivity contribution in [1.29, 1.82) is 0 Å². The van der Waals surface area contributed by atoms with Crippen LogP contribution in [-0.2, 0) is 4.79 Å². The molecule has 5 rings (SSSR count). The summed E-state index contributed by atoms with van der Waals surface area (Å²) in [5.41, 5.74) is 0.785. The highest BCUT2D eigenvalue weighted by Crippen LogP contribution is 2.55. The first-order chi connectivity index (χ1) is 18.2. The van der Waals surface area contributed by atoms with E-state index >= 15 is 0 Å². The fraction of sp³-hybridized carbons (Fsp3) is 0.296.